The molecule has 138 valence electrons. The van der Waals surface area contributed by atoms with E-state index in [-0.39, 0.29) is 0 Å². The van der Waals surface area contributed by atoms with Crippen LogP contribution < -0.4 is 4.90 Å². The Morgan fingerprint density at radius 1 is 1.04 bits per heavy atom. The molecule has 3 atom stereocenters. The van der Waals surface area contributed by atoms with Crippen LogP contribution in [-0.2, 0) is 13.1 Å². The van der Waals surface area contributed by atoms with E-state index < -0.39 is 0 Å². The summed E-state index contributed by atoms with van der Waals surface area (Å²) in [6.45, 7) is 7.29. The van der Waals surface area contributed by atoms with Gasteiger partial charge in [-0.05, 0) is 42.5 Å². The fourth-order valence-corrected chi connectivity index (χ4v) is 4.53. The lowest BCUT2D eigenvalue weighted by Gasteiger charge is -2.33. The Kier molecular flexibility index (Phi) is 3.96. The Hall–Kier alpha value is -2.69. The molecular weight excluding hydrogens is 334 g/mol. The van der Waals surface area contributed by atoms with Crippen LogP contribution in [0.25, 0.3) is 0 Å². The normalized spacial score (nSPS) is 23.9. The maximum absolute atomic E-state index is 4.63. The number of hydrogen-bond donors (Lipinski definition) is 0. The van der Waals surface area contributed by atoms with Gasteiger partial charge in [-0.15, -0.1) is 10.2 Å². The molecule has 5 nitrogen and oxygen atoms in total. The number of hydrogen-bond acceptors (Lipinski definition) is 4. The molecule has 1 aliphatic heterocycles. The van der Waals surface area contributed by atoms with Gasteiger partial charge in [0.1, 0.15) is 5.82 Å². The molecule has 1 fully saturated rings. The van der Waals surface area contributed by atoms with Crippen molar-refractivity contribution in [1.82, 2.24) is 19.7 Å². The quantitative estimate of drug-likeness (QED) is 0.704. The van der Waals surface area contributed by atoms with Crippen LogP contribution in [0.3, 0.4) is 0 Å². The first-order valence-corrected chi connectivity index (χ1v) is 9.93. The van der Waals surface area contributed by atoms with Crippen molar-refractivity contribution in [3.05, 3.63) is 71.3 Å². The smallest absolute Gasteiger partial charge is 0.227 e. The van der Waals surface area contributed by atoms with Crippen LogP contribution in [0.2, 0.25) is 0 Å². The van der Waals surface area contributed by atoms with E-state index in [1.54, 1.807) is 0 Å². The Bertz CT molecular complexity index is 948. The van der Waals surface area contributed by atoms with Gasteiger partial charge in [0, 0.05) is 43.4 Å². The van der Waals surface area contributed by atoms with Crippen molar-refractivity contribution < 1.29 is 0 Å². The highest BCUT2D eigenvalue weighted by molar-refractivity contribution is 5.43. The molecule has 3 aromatic rings. The summed E-state index contributed by atoms with van der Waals surface area (Å²) in [5, 5.41) is 9.25. The molecule has 1 saturated carbocycles. The molecule has 1 unspecified atom stereocenters. The van der Waals surface area contributed by atoms with Gasteiger partial charge in [-0.3, -0.25) is 9.55 Å². The molecule has 0 radical (unpaired) electrons. The van der Waals surface area contributed by atoms with E-state index in [0.29, 0.717) is 17.8 Å². The second-order valence-corrected chi connectivity index (χ2v) is 7.79. The van der Waals surface area contributed by atoms with Crippen molar-refractivity contribution >= 4 is 5.95 Å². The number of fused-ring (bicyclic) bond motifs is 1. The van der Waals surface area contributed by atoms with Crippen LogP contribution >= 0.6 is 0 Å². The minimum Gasteiger partial charge on any atom is -0.336 e. The van der Waals surface area contributed by atoms with Crippen LogP contribution in [-0.4, -0.2) is 26.3 Å². The number of aromatic nitrogens is 4. The molecule has 1 aromatic carbocycles. The molecule has 0 saturated heterocycles. The van der Waals surface area contributed by atoms with Gasteiger partial charge in [0.15, 0.2) is 0 Å². The summed E-state index contributed by atoms with van der Waals surface area (Å²) >= 11 is 0. The van der Waals surface area contributed by atoms with E-state index in [1.807, 2.05) is 12.3 Å². The standard InChI is InChI=1S/C22H25N5/c1-3-27-21(19-12-18(19)20-10-6-7-11-23-20)24-25-22(27)26-13-15(2)17-9-5-4-8-16(17)14-26/h4-11,15,18-19H,3,12-14H2,1-2H3/t15?,18-,19-/m1/s1. The third kappa shape index (κ3) is 2.82. The molecule has 3 heterocycles. The van der Waals surface area contributed by atoms with Gasteiger partial charge in [-0.2, -0.15) is 0 Å². The second-order valence-electron chi connectivity index (χ2n) is 7.79. The summed E-state index contributed by atoms with van der Waals surface area (Å²) in [4.78, 5) is 6.93. The predicted octanol–water partition coefficient (Wildman–Crippen LogP) is 4.09. The van der Waals surface area contributed by atoms with Crippen LogP contribution in [0.15, 0.2) is 48.7 Å². The minimum absolute atomic E-state index is 0.440. The van der Waals surface area contributed by atoms with Crippen molar-refractivity contribution in [2.24, 2.45) is 0 Å². The minimum atomic E-state index is 0.440. The largest absolute Gasteiger partial charge is 0.336 e. The van der Waals surface area contributed by atoms with Crippen molar-refractivity contribution in [2.75, 3.05) is 11.4 Å². The van der Waals surface area contributed by atoms with E-state index >= 15 is 0 Å². The molecule has 0 spiro atoms. The molecule has 1 aliphatic carbocycles. The van der Waals surface area contributed by atoms with Crippen molar-refractivity contribution in [2.45, 2.75) is 51.1 Å². The molecule has 2 aromatic heterocycles. The third-order valence-corrected chi connectivity index (χ3v) is 5.99. The summed E-state index contributed by atoms with van der Waals surface area (Å²) in [7, 11) is 0. The summed E-state index contributed by atoms with van der Waals surface area (Å²) in [6.07, 6.45) is 3.00. The lowest BCUT2D eigenvalue weighted by Crippen LogP contribution is -2.34. The van der Waals surface area contributed by atoms with E-state index in [0.717, 1.165) is 37.8 Å². The summed E-state index contributed by atoms with van der Waals surface area (Å²) in [6, 6.07) is 14.9. The summed E-state index contributed by atoms with van der Waals surface area (Å²) in [5.41, 5.74) is 4.05. The Balaban J connectivity index is 1.43. The highest BCUT2D eigenvalue weighted by atomic mass is 15.4. The maximum atomic E-state index is 4.63. The van der Waals surface area contributed by atoms with E-state index in [1.165, 1.54) is 16.8 Å². The number of anilines is 1. The van der Waals surface area contributed by atoms with Gasteiger partial charge >= 0.3 is 0 Å². The van der Waals surface area contributed by atoms with Crippen LogP contribution in [0.4, 0.5) is 5.95 Å². The monoisotopic (exact) mass is 359 g/mol. The first kappa shape index (κ1) is 16.5. The zero-order valence-corrected chi connectivity index (χ0v) is 15.9. The maximum Gasteiger partial charge on any atom is 0.227 e. The van der Waals surface area contributed by atoms with Crippen LogP contribution in [0.5, 0.6) is 0 Å². The zero-order chi connectivity index (χ0) is 18.4. The summed E-state index contributed by atoms with van der Waals surface area (Å²) < 4.78 is 2.31. The number of benzene rings is 1. The van der Waals surface area contributed by atoms with Crippen molar-refractivity contribution in [3.63, 3.8) is 0 Å². The van der Waals surface area contributed by atoms with Crippen molar-refractivity contribution in [1.29, 1.82) is 0 Å². The number of nitrogens with zero attached hydrogens (tertiary/aromatic N) is 5. The lowest BCUT2D eigenvalue weighted by atomic mass is 9.91. The highest BCUT2D eigenvalue weighted by Crippen LogP contribution is 2.53. The zero-order valence-electron chi connectivity index (χ0n) is 15.9. The molecule has 0 amide bonds. The molecule has 0 N–H and O–H groups in total. The molecule has 5 heteroatoms. The highest BCUT2D eigenvalue weighted by Gasteiger charge is 2.44. The van der Waals surface area contributed by atoms with Crippen molar-refractivity contribution in [3.8, 4) is 0 Å². The fourth-order valence-electron chi connectivity index (χ4n) is 4.53. The molecule has 5 rings (SSSR count). The number of pyridine rings is 1. The van der Waals surface area contributed by atoms with Gasteiger partial charge < -0.3 is 4.90 Å². The predicted molar refractivity (Wildman–Crippen MR) is 106 cm³/mol. The topological polar surface area (TPSA) is 46.8 Å². The van der Waals surface area contributed by atoms with Gasteiger partial charge in [-0.1, -0.05) is 37.3 Å². The van der Waals surface area contributed by atoms with Crippen LogP contribution in [0.1, 0.15) is 60.7 Å². The molecule has 0 bridgehead atoms. The average Bonchev–Trinajstić information content (AvgIpc) is 3.39. The van der Waals surface area contributed by atoms with Gasteiger partial charge in [0.2, 0.25) is 5.95 Å². The average molecular weight is 359 g/mol. The fraction of sp³-hybridized carbons (Fsp3) is 0.409. The lowest BCUT2D eigenvalue weighted by molar-refractivity contribution is 0.598. The van der Waals surface area contributed by atoms with Crippen LogP contribution in [0, 0.1) is 0 Å². The Morgan fingerprint density at radius 3 is 2.70 bits per heavy atom. The summed E-state index contributed by atoms with van der Waals surface area (Å²) in [5.74, 6) is 3.56. The first-order chi connectivity index (χ1) is 13.3. The molecule has 2 aliphatic rings. The Morgan fingerprint density at radius 2 is 1.89 bits per heavy atom. The molecular formula is C22H25N5. The van der Waals surface area contributed by atoms with E-state index in [2.05, 4.69) is 74.9 Å². The molecule has 27 heavy (non-hydrogen) atoms. The SMILES string of the molecule is CCn1c([C@@H]2C[C@H]2c2ccccn2)nnc1N1Cc2ccccc2C(C)C1. The van der Waals surface area contributed by atoms with Gasteiger partial charge in [0.25, 0.3) is 0 Å². The third-order valence-electron chi connectivity index (χ3n) is 5.99. The first-order valence-electron chi connectivity index (χ1n) is 9.93. The van der Waals surface area contributed by atoms with E-state index in [4.69, 9.17) is 0 Å². The van der Waals surface area contributed by atoms with Gasteiger partial charge in [0.05, 0.1) is 0 Å². The Labute approximate surface area is 160 Å². The number of rotatable bonds is 4. The second kappa shape index (κ2) is 6.48. The van der Waals surface area contributed by atoms with E-state index in [9.17, 15) is 0 Å². The van der Waals surface area contributed by atoms with Gasteiger partial charge in [-0.25, -0.2) is 0 Å².